The second-order valence-electron chi connectivity index (χ2n) is 11.1. The number of benzene rings is 2. The van der Waals surface area contributed by atoms with E-state index in [4.69, 9.17) is 21.0 Å². The molecule has 2 saturated carbocycles. The molecule has 1 amide bonds. The standard InChI is InChI=1S/C30H31ClN4O4S/c31-25-8-4-3-7-24(25)29-33-26(20-9-11-21(12-10-20)35-15-17-40(37,38)18-16-35)27(39-29)22-5-1-2-6-23(22)28(36)34-30(19-32)13-14-30/h3-4,7-12,22-23H,1-2,5-6,13-18H2,(H,34,36)/t22-,23-/m1/s1. The van der Waals surface area contributed by atoms with Gasteiger partial charge < -0.3 is 14.6 Å². The van der Waals surface area contributed by atoms with Gasteiger partial charge in [0.25, 0.3) is 0 Å². The first kappa shape index (κ1) is 26.9. The molecule has 2 heterocycles. The lowest BCUT2D eigenvalue weighted by Gasteiger charge is -2.30. The van der Waals surface area contributed by atoms with Crippen molar-refractivity contribution in [2.45, 2.75) is 50.0 Å². The first-order valence-corrected chi connectivity index (χ1v) is 16.0. The number of rotatable bonds is 6. The van der Waals surface area contributed by atoms with E-state index in [1.165, 1.54) is 0 Å². The number of hydrogen-bond donors (Lipinski definition) is 1. The van der Waals surface area contributed by atoms with Crippen molar-refractivity contribution in [1.29, 1.82) is 5.26 Å². The Balaban J connectivity index is 1.36. The highest BCUT2D eigenvalue weighted by atomic mass is 35.5. The van der Waals surface area contributed by atoms with E-state index >= 15 is 0 Å². The highest BCUT2D eigenvalue weighted by Gasteiger charge is 2.47. The molecule has 1 aliphatic heterocycles. The monoisotopic (exact) mass is 578 g/mol. The second kappa shape index (κ2) is 10.6. The molecule has 8 nitrogen and oxygen atoms in total. The molecule has 2 aromatic carbocycles. The summed E-state index contributed by atoms with van der Waals surface area (Å²) < 4.78 is 30.2. The first-order valence-electron chi connectivity index (χ1n) is 13.8. The van der Waals surface area contributed by atoms with Crippen LogP contribution >= 0.6 is 11.6 Å². The van der Waals surface area contributed by atoms with Gasteiger partial charge in [-0.15, -0.1) is 0 Å². The van der Waals surface area contributed by atoms with E-state index in [9.17, 15) is 18.5 Å². The second-order valence-corrected chi connectivity index (χ2v) is 13.8. The number of nitriles is 1. The van der Waals surface area contributed by atoms with Gasteiger partial charge in [-0.05, 0) is 49.9 Å². The highest BCUT2D eigenvalue weighted by molar-refractivity contribution is 7.91. The summed E-state index contributed by atoms with van der Waals surface area (Å²) >= 11 is 6.51. The van der Waals surface area contributed by atoms with E-state index in [2.05, 4.69) is 16.3 Å². The van der Waals surface area contributed by atoms with Crippen LogP contribution in [-0.4, -0.2) is 49.4 Å². The molecule has 1 aromatic heterocycles. The topological polar surface area (TPSA) is 116 Å². The molecule has 0 bridgehead atoms. The number of halogens is 1. The van der Waals surface area contributed by atoms with Gasteiger partial charge in [0.05, 0.1) is 28.2 Å². The van der Waals surface area contributed by atoms with Crippen molar-refractivity contribution >= 4 is 33.0 Å². The van der Waals surface area contributed by atoms with Gasteiger partial charge in [0.15, 0.2) is 9.84 Å². The van der Waals surface area contributed by atoms with Crippen LogP contribution in [0.2, 0.25) is 5.02 Å². The first-order chi connectivity index (χ1) is 19.3. The van der Waals surface area contributed by atoms with Crippen molar-refractivity contribution in [2.75, 3.05) is 29.5 Å². The number of oxazole rings is 1. The molecule has 3 fully saturated rings. The Morgan fingerprint density at radius 2 is 1.77 bits per heavy atom. The fourth-order valence-corrected chi connectivity index (χ4v) is 7.24. The van der Waals surface area contributed by atoms with Crippen LogP contribution in [0, 0.1) is 17.2 Å². The number of hydrogen-bond acceptors (Lipinski definition) is 7. The predicted octanol–water partition coefficient (Wildman–Crippen LogP) is 5.34. The molecule has 0 radical (unpaired) electrons. The van der Waals surface area contributed by atoms with Gasteiger partial charge in [0.1, 0.15) is 17.0 Å². The van der Waals surface area contributed by atoms with Crippen LogP contribution in [0.25, 0.3) is 22.7 Å². The van der Waals surface area contributed by atoms with Gasteiger partial charge in [-0.1, -0.05) is 48.7 Å². The van der Waals surface area contributed by atoms with Crippen LogP contribution in [0.15, 0.2) is 52.9 Å². The Morgan fingerprint density at radius 3 is 2.45 bits per heavy atom. The maximum atomic E-state index is 13.4. The summed E-state index contributed by atoms with van der Waals surface area (Å²) in [6.07, 6.45) is 4.78. The zero-order valence-corrected chi connectivity index (χ0v) is 23.7. The van der Waals surface area contributed by atoms with E-state index in [1.54, 1.807) is 6.07 Å². The molecule has 1 N–H and O–H groups in total. The van der Waals surface area contributed by atoms with E-state index in [0.29, 0.717) is 53.9 Å². The summed E-state index contributed by atoms with van der Waals surface area (Å²) in [5, 5.41) is 13.1. The normalized spacial score (nSPS) is 23.2. The van der Waals surface area contributed by atoms with Crippen molar-refractivity contribution in [2.24, 2.45) is 5.92 Å². The predicted molar refractivity (Wildman–Crippen MR) is 154 cm³/mol. The smallest absolute Gasteiger partial charge is 0.228 e. The molecule has 10 heteroatoms. The van der Waals surface area contributed by atoms with E-state index < -0.39 is 15.4 Å². The summed E-state index contributed by atoms with van der Waals surface area (Å²) in [5.41, 5.74) is 2.44. The highest BCUT2D eigenvalue weighted by Crippen LogP contribution is 2.45. The maximum absolute atomic E-state index is 13.4. The molecule has 3 aromatic rings. The number of aromatic nitrogens is 1. The van der Waals surface area contributed by atoms with Crippen molar-refractivity contribution in [3.8, 4) is 28.8 Å². The summed E-state index contributed by atoms with van der Waals surface area (Å²) in [6.45, 7) is 0.938. The minimum Gasteiger partial charge on any atom is -0.440 e. The fraction of sp³-hybridized carbons (Fsp3) is 0.433. The largest absolute Gasteiger partial charge is 0.440 e. The minimum absolute atomic E-state index is 0.0965. The Hall–Kier alpha value is -3.35. The van der Waals surface area contributed by atoms with Crippen LogP contribution in [0.5, 0.6) is 0 Å². The van der Waals surface area contributed by atoms with E-state index in [1.807, 2.05) is 42.5 Å². The van der Waals surface area contributed by atoms with E-state index in [-0.39, 0.29) is 29.2 Å². The summed E-state index contributed by atoms with van der Waals surface area (Å²) in [7, 11) is -2.97. The number of nitrogens with zero attached hydrogens (tertiary/aromatic N) is 3. The van der Waals surface area contributed by atoms with Crippen molar-refractivity contribution in [1.82, 2.24) is 10.3 Å². The molecule has 2 aliphatic carbocycles. The summed E-state index contributed by atoms with van der Waals surface area (Å²) in [4.78, 5) is 20.4. The maximum Gasteiger partial charge on any atom is 0.228 e. The SMILES string of the molecule is N#CC1(NC(=O)[C@@H]2CCCC[C@H]2c2oc(-c3ccccc3Cl)nc2-c2ccc(N3CCS(=O)(=O)CC3)cc2)CC1. The third-order valence-electron chi connectivity index (χ3n) is 8.37. The lowest BCUT2D eigenvalue weighted by molar-refractivity contribution is -0.127. The Labute approximate surface area is 239 Å². The number of carbonyl (C=O) groups is 1. The summed E-state index contributed by atoms with van der Waals surface area (Å²) in [6, 6.07) is 17.6. The van der Waals surface area contributed by atoms with Crippen LogP contribution in [0.4, 0.5) is 5.69 Å². The van der Waals surface area contributed by atoms with Gasteiger partial charge in [-0.25, -0.2) is 13.4 Å². The number of sulfone groups is 1. The average Bonchev–Trinajstić information content (AvgIpc) is 3.60. The number of nitrogens with one attached hydrogen (secondary N) is 1. The lowest BCUT2D eigenvalue weighted by atomic mass is 9.76. The van der Waals surface area contributed by atoms with Crippen molar-refractivity contribution in [3.05, 3.63) is 59.3 Å². The lowest BCUT2D eigenvalue weighted by Crippen LogP contribution is -2.42. The van der Waals surface area contributed by atoms with Crippen molar-refractivity contribution in [3.63, 3.8) is 0 Å². The number of anilines is 1. The molecule has 0 spiro atoms. The molecule has 6 rings (SSSR count). The third kappa shape index (κ3) is 5.35. The summed E-state index contributed by atoms with van der Waals surface area (Å²) in [5.74, 6) is 0.771. The van der Waals surface area contributed by atoms with Crippen LogP contribution in [0.3, 0.4) is 0 Å². The van der Waals surface area contributed by atoms with Gasteiger partial charge in [0.2, 0.25) is 11.8 Å². The van der Waals surface area contributed by atoms with Gasteiger partial charge in [0, 0.05) is 36.2 Å². The fourth-order valence-electron chi connectivity index (χ4n) is 5.82. The Kier molecular flexibility index (Phi) is 7.09. The van der Waals surface area contributed by atoms with Crippen molar-refractivity contribution < 1.29 is 17.6 Å². The van der Waals surface area contributed by atoms with Crippen LogP contribution < -0.4 is 10.2 Å². The molecule has 208 valence electrons. The van der Waals surface area contributed by atoms with Gasteiger partial charge >= 0.3 is 0 Å². The average molecular weight is 579 g/mol. The van der Waals surface area contributed by atoms with Gasteiger partial charge in [-0.3, -0.25) is 4.79 Å². The van der Waals surface area contributed by atoms with Crippen LogP contribution in [-0.2, 0) is 14.6 Å². The third-order valence-corrected chi connectivity index (χ3v) is 10.3. The number of amides is 1. The van der Waals surface area contributed by atoms with E-state index in [0.717, 1.165) is 36.9 Å². The zero-order valence-electron chi connectivity index (χ0n) is 22.1. The molecule has 0 unspecified atom stereocenters. The molecule has 2 atom stereocenters. The molecule has 1 saturated heterocycles. The minimum atomic E-state index is -2.97. The Morgan fingerprint density at radius 1 is 1.07 bits per heavy atom. The number of carbonyl (C=O) groups excluding carboxylic acids is 1. The molecule has 40 heavy (non-hydrogen) atoms. The van der Waals surface area contributed by atoms with Crippen LogP contribution in [0.1, 0.15) is 50.2 Å². The van der Waals surface area contributed by atoms with Gasteiger partial charge in [-0.2, -0.15) is 5.26 Å². The quantitative estimate of drug-likeness (QED) is 0.419. The molecular formula is C30H31ClN4O4S. The molecular weight excluding hydrogens is 548 g/mol. The Bertz CT molecular complexity index is 1560. The zero-order chi connectivity index (χ0) is 27.9. The molecule has 3 aliphatic rings.